The highest BCUT2D eigenvalue weighted by atomic mass is 19.4. The lowest BCUT2D eigenvalue weighted by molar-refractivity contribution is -0.137. The first-order valence-electron chi connectivity index (χ1n) is 4.10. The Hall–Kier alpha value is -1.34. The molecule has 0 amide bonds. The van der Waals surface area contributed by atoms with Crippen LogP contribution >= 0.6 is 0 Å². The molecule has 1 rings (SSSR count). The molecular weight excluding hydrogens is 237 g/mol. The number of alkyl halides is 3. The number of ether oxygens (including phenoxy) is 1. The summed E-state index contributed by atoms with van der Waals surface area (Å²) >= 11 is 0. The smallest absolute Gasteiger partial charge is 0.497 e. The van der Waals surface area contributed by atoms with Gasteiger partial charge in [-0.25, -0.2) is 0 Å². The van der Waals surface area contributed by atoms with E-state index in [9.17, 15) is 26.1 Å². The molecule has 0 saturated heterocycles. The highest BCUT2D eigenvalue weighted by Crippen LogP contribution is 2.31. The van der Waals surface area contributed by atoms with Crippen LogP contribution in [0.2, 0.25) is 0 Å². The van der Waals surface area contributed by atoms with E-state index in [1.165, 1.54) is 0 Å². The van der Waals surface area contributed by atoms with Gasteiger partial charge in [0.15, 0.2) is 0 Å². The Bertz CT molecular complexity index is 351. The van der Waals surface area contributed by atoms with Crippen LogP contribution in [0.5, 0.6) is 5.75 Å². The summed E-state index contributed by atoms with van der Waals surface area (Å²) in [5.41, 5.74) is -2.70. The Morgan fingerprint density at radius 3 is 2.00 bits per heavy atom. The van der Waals surface area contributed by atoms with Crippen LogP contribution in [0.3, 0.4) is 0 Å². The topological polar surface area (TPSA) is 9.23 Å². The molecule has 0 N–H and O–H groups in total. The second-order valence-electron chi connectivity index (χ2n) is 3.07. The van der Waals surface area contributed by atoms with Gasteiger partial charge in [-0.2, -0.15) is 13.2 Å². The highest BCUT2D eigenvalue weighted by molar-refractivity contribution is 6.73. The minimum Gasteiger partial charge on any atom is -0.497 e. The van der Waals surface area contributed by atoms with Crippen LogP contribution in [-0.4, -0.2) is 14.1 Å². The van der Waals surface area contributed by atoms with E-state index in [4.69, 9.17) is 0 Å². The summed E-state index contributed by atoms with van der Waals surface area (Å²) in [5, 5.41) is 0. The van der Waals surface area contributed by atoms with Crippen LogP contribution in [0.15, 0.2) is 18.2 Å². The van der Waals surface area contributed by atoms with Crippen molar-refractivity contribution in [2.24, 2.45) is 0 Å². The fraction of sp³-hybridized carbons (Fsp3) is 0.250. The van der Waals surface area contributed by atoms with Gasteiger partial charge < -0.3 is 17.7 Å². The fourth-order valence-corrected chi connectivity index (χ4v) is 1.09. The standard InChI is InChI=1S/C8H6BF6O/c1-16-7-3-5(8(10,11)12)2-6(4-7)9(13,14)15/h2-4H,1H3/q-1. The summed E-state index contributed by atoms with van der Waals surface area (Å²) in [6, 6.07) is 1.13. The summed E-state index contributed by atoms with van der Waals surface area (Å²) in [6.07, 6.45) is -4.83. The molecule has 0 spiro atoms. The third-order valence-electron chi connectivity index (χ3n) is 1.87. The summed E-state index contributed by atoms with van der Waals surface area (Å²) in [4.78, 5) is 0. The van der Waals surface area contributed by atoms with E-state index in [2.05, 4.69) is 4.74 Å². The van der Waals surface area contributed by atoms with Crippen molar-refractivity contribution in [2.45, 2.75) is 6.18 Å². The molecule has 0 bridgehead atoms. The van der Waals surface area contributed by atoms with Gasteiger partial charge in [0.05, 0.1) is 12.7 Å². The van der Waals surface area contributed by atoms with Crippen molar-refractivity contribution in [3.05, 3.63) is 23.8 Å². The van der Waals surface area contributed by atoms with E-state index < -0.39 is 29.9 Å². The monoisotopic (exact) mass is 243 g/mol. The number of hydrogen-bond donors (Lipinski definition) is 0. The molecule has 1 aromatic rings. The molecule has 0 heterocycles. The van der Waals surface area contributed by atoms with Gasteiger partial charge in [-0.15, -0.1) is 5.46 Å². The van der Waals surface area contributed by atoms with Crippen LogP contribution in [0.4, 0.5) is 26.1 Å². The van der Waals surface area contributed by atoms with Crippen molar-refractivity contribution >= 4 is 12.4 Å². The van der Waals surface area contributed by atoms with Crippen LogP contribution in [0.1, 0.15) is 5.56 Å². The van der Waals surface area contributed by atoms with Crippen LogP contribution in [0.25, 0.3) is 0 Å². The third-order valence-corrected chi connectivity index (χ3v) is 1.87. The van der Waals surface area contributed by atoms with Crippen LogP contribution in [0, 0.1) is 0 Å². The zero-order valence-corrected chi connectivity index (χ0v) is 7.99. The van der Waals surface area contributed by atoms with E-state index in [-0.39, 0.29) is 6.07 Å². The van der Waals surface area contributed by atoms with Gasteiger partial charge in [0.2, 0.25) is 0 Å². The molecule has 0 aliphatic carbocycles. The van der Waals surface area contributed by atoms with Gasteiger partial charge in [-0.1, -0.05) is 6.07 Å². The number of rotatable bonds is 2. The molecule has 0 aliphatic heterocycles. The Kier molecular flexibility index (Phi) is 3.11. The van der Waals surface area contributed by atoms with Gasteiger partial charge in [-0.05, 0) is 12.1 Å². The second kappa shape index (κ2) is 3.91. The SMILES string of the molecule is COc1cc([B-](F)(F)F)cc(C(F)(F)F)c1. The minimum absolute atomic E-state index is 0.0719. The normalized spacial score (nSPS) is 12.7. The summed E-state index contributed by atoms with van der Waals surface area (Å²) < 4.78 is 78.1. The van der Waals surface area contributed by atoms with E-state index in [1.54, 1.807) is 0 Å². The average Bonchev–Trinajstić information content (AvgIpc) is 2.14. The van der Waals surface area contributed by atoms with Crippen molar-refractivity contribution < 1.29 is 30.9 Å². The number of methoxy groups -OCH3 is 1. The number of hydrogen-bond acceptors (Lipinski definition) is 1. The van der Waals surface area contributed by atoms with Crippen LogP contribution in [-0.2, 0) is 6.18 Å². The highest BCUT2D eigenvalue weighted by Gasteiger charge is 2.34. The first kappa shape index (κ1) is 12.7. The summed E-state index contributed by atoms with van der Waals surface area (Å²) in [5.74, 6) is -0.468. The van der Waals surface area contributed by atoms with Gasteiger partial charge in [0, 0.05) is 0 Å². The van der Waals surface area contributed by atoms with Crippen molar-refractivity contribution in [3.63, 3.8) is 0 Å². The fourth-order valence-electron chi connectivity index (χ4n) is 1.09. The molecule has 0 aromatic heterocycles. The lowest BCUT2D eigenvalue weighted by atomic mass is 9.79. The summed E-state index contributed by atoms with van der Waals surface area (Å²) in [6.45, 7) is -5.48. The minimum atomic E-state index is -5.48. The van der Waals surface area contributed by atoms with Crippen LogP contribution < -0.4 is 10.2 Å². The molecule has 8 heteroatoms. The molecule has 16 heavy (non-hydrogen) atoms. The zero-order chi connectivity index (χ0) is 12.6. The predicted molar refractivity (Wildman–Crippen MR) is 46.7 cm³/mol. The van der Waals surface area contributed by atoms with Crippen molar-refractivity contribution in [1.29, 1.82) is 0 Å². The molecule has 1 aromatic carbocycles. The Morgan fingerprint density at radius 1 is 1.06 bits per heavy atom. The zero-order valence-electron chi connectivity index (χ0n) is 7.99. The lowest BCUT2D eigenvalue weighted by Gasteiger charge is -2.18. The first-order valence-corrected chi connectivity index (χ1v) is 4.10. The van der Waals surface area contributed by atoms with E-state index >= 15 is 0 Å². The molecule has 0 atom stereocenters. The molecule has 0 radical (unpaired) electrons. The van der Waals surface area contributed by atoms with Gasteiger partial charge in [0.25, 0.3) is 0 Å². The van der Waals surface area contributed by atoms with E-state index in [1.807, 2.05) is 0 Å². The van der Waals surface area contributed by atoms with Crippen molar-refractivity contribution in [1.82, 2.24) is 0 Å². The van der Waals surface area contributed by atoms with Crippen molar-refractivity contribution in [2.75, 3.05) is 7.11 Å². The molecule has 0 aliphatic rings. The molecule has 90 valence electrons. The largest absolute Gasteiger partial charge is 0.509 e. The molecule has 1 nitrogen and oxygen atoms in total. The predicted octanol–water partition coefficient (Wildman–Crippen LogP) is 2.77. The molecular formula is C8H6BF6O-. The van der Waals surface area contributed by atoms with Gasteiger partial charge in [-0.3, -0.25) is 0 Å². The molecule has 0 unspecified atom stereocenters. The van der Waals surface area contributed by atoms with Gasteiger partial charge >= 0.3 is 13.2 Å². The van der Waals surface area contributed by atoms with E-state index in [0.29, 0.717) is 12.1 Å². The Balaban J connectivity index is 3.33. The lowest BCUT2D eigenvalue weighted by Crippen LogP contribution is -2.34. The number of halogens is 6. The van der Waals surface area contributed by atoms with E-state index in [0.717, 1.165) is 7.11 Å². The second-order valence-corrected chi connectivity index (χ2v) is 3.07. The summed E-state index contributed by atoms with van der Waals surface area (Å²) in [7, 11) is 1.00. The number of benzene rings is 1. The Morgan fingerprint density at radius 2 is 1.62 bits per heavy atom. The third kappa shape index (κ3) is 2.83. The maximum atomic E-state index is 12.3. The maximum absolute atomic E-state index is 12.3. The molecule has 0 fully saturated rings. The molecule has 0 saturated carbocycles. The quantitative estimate of drug-likeness (QED) is 0.573. The average molecular weight is 243 g/mol. The first-order chi connectivity index (χ1) is 7.14. The Labute approximate surface area is 87.1 Å². The maximum Gasteiger partial charge on any atom is 0.509 e. The van der Waals surface area contributed by atoms with Crippen molar-refractivity contribution in [3.8, 4) is 5.75 Å². The van der Waals surface area contributed by atoms with Gasteiger partial charge in [0.1, 0.15) is 5.75 Å².